The van der Waals surface area contributed by atoms with Gasteiger partial charge in [0.1, 0.15) is 0 Å². The lowest BCUT2D eigenvalue weighted by atomic mass is 10.4. The van der Waals surface area contributed by atoms with Gasteiger partial charge in [-0.2, -0.15) is 4.68 Å². The van der Waals surface area contributed by atoms with Crippen LogP contribution in [-0.4, -0.2) is 29.0 Å². The molecular weight excluding hydrogens is 276 g/mol. The zero-order chi connectivity index (χ0) is 13.2. The highest BCUT2D eigenvalue weighted by Gasteiger charge is 2.29. The molecule has 0 saturated heterocycles. The Kier molecular flexibility index (Phi) is 3.68. The van der Waals surface area contributed by atoms with Gasteiger partial charge in [-0.05, 0) is 4.92 Å². The molecule has 0 aliphatic rings. The van der Waals surface area contributed by atoms with Crippen molar-refractivity contribution in [1.82, 2.24) is 9.78 Å². The average Bonchev–Trinajstić information content (AvgIpc) is 2.57. The third-order valence-electron chi connectivity index (χ3n) is 1.73. The summed E-state index contributed by atoms with van der Waals surface area (Å²) in [5, 5.41) is 13.9. The highest BCUT2D eigenvalue weighted by molar-refractivity contribution is 8.13. The molecule has 1 aromatic heterocycles. The summed E-state index contributed by atoms with van der Waals surface area (Å²) in [7, 11) is 0.741. The molecule has 0 bridgehead atoms. The van der Waals surface area contributed by atoms with Crippen LogP contribution in [0.1, 0.15) is 6.42 Å². The zero-order valence-electron chi connectivity index (χ0n) is 8.24. The number of nitrogens with two attached hydrogens (primary N) is 1. The fourth-order valence-corrected chi connectivity index (χ4v) is 1.94. The summed E-state index contributed by atoms with van der Waals surface area (Å²) in [6.07, 6.45) is 0.754. The number of hydrogen-bond acceptors (Lipinski definition) is 6. The fraction of sp³-hybridized carbons (Fsp3) is 0.333. The first kappa shape index (κ1) is 13.4. The van der Waals surface area contributed by atoms with Crippen LogP contribution in [0.15, 0.2) is 11.1 Å². The second-order valence-corrected chi connectivity index (χ2v) is 5.53. The molecule has 9 nitrogen and oxygen atoms in total. The maximum Gasteiger partial charge on any atom is 0.410 e. The molecule has 0 spiro atoms. The summed E-state index contributed by atoms with van der Waals surface area (Å²) >= 11 is 0. The van der Waals surface area contributed by atoms with E-state index in [2.05, 4.69) is 5.10 Å². The van der Waals surface area contributed by atoms with E-state index in [0.29, 0.717) is 0 Å². The van der Waals surface area contributed by atoms with Gasteiger partial charge in [0.05, 0.1) is 17.8 Å². The van der Waals surface area contributed by atoms with E-state index in [1.165, 1.54) is 0 Å². The number of aromatic nitrogens is 2. The summed E-state index contributed by atoms with van der Waals surface area (Å²) in [5.41, 5.74) is 4.87. The smallest absolute Gasteiger partial charge is 0.370 e. The summed E-state index contributed by atoms with van der Waals surface area (Å²) in [6.45, 7) is -0.0669. The van der Waals surface area contributed by atoms with Gasteiger partial charge in [-0.1, -0.05) is 0 Å². The number of rotatable bonds is 5. The van der Waals surface area contributed by atoms with E-state index < -0.39 is 30.6 Å². The van der Waals surface area contributed by atoms with Gasteiger partial charge in [0.15, 0.2) is 0 Å². The molecule has 0 aliphatic carbocycles. The Balaban J connectivity index is 3.14. The molecule has 0 aromatic carbocycles. The normalized spacial score (nSPS) is 11.4. The van der Waals surface area contributed by atoms with Gasteiger partial charge < -0.3 is 15.8 Å². The minimum Gasteiger partial charge on any atom is -0.370 e. The molecule has 94 valence electrons. The van der Waals surface area contributed by atoms with Crippen molar-refractivity contribution in [1.29, 1.82) is 0 Å². The van der Waals surface area contributed by atoms with Gasteiger partial charge in [-0.25, -0.2) is 8.42 Å². The Bertz CT molecular complexity index is 565. The highest BCUT2D eigenvalue weighted by Crippen LogP contribution is 2.24. The van der Waals surface area contributed by atoms with Gasteiger partial charge in [-0.15, -0.1) is 0 Å². The molecule has 1 amide bonds. The lowest BCUT2D eigenvalue weighted by Gasteiger charge is -1.91. The number of primary amides is 1. The van der Waals surface area contributed by atoms with Crippen molar-refractivity contribution in [3.63, 3.8) is 0 Å². The highest BCUT2D eigenvalue weighted by atomic mass is 35.7. The van der Waals surface area contributed by atoms with Crippen LogP contribution in [0.3, 0.4) is 0 Å². The first-order valence-corrected chi connectivity index (χ1v) is 6.47. The SMILES string of the molecule is NC(=O)CCn1cc(S(=O)(=O)Cl)c([N+](=O)[O-])n1. The van der Waals surface area contributed by atoms with Gasteiger partial charge in [-0.3, -0.25) is 4.79 Å². The maximum absolute atomic E-state index is 11.0. The predicted octanol–water partition coefficient (Wildman–Crippen LogP) is -0.406. The van der Waals surface area contributed by atoms with Crippen LogP contribution in [0.5, 0.6) is 0 Å². The number of halogens is 1. The third kappa shape index (κ3) is 3.39. The monoisotopic (exact) mass is 282 g/mol. The Morgan fingerprint density at radius 1 is 1.65 bits per heavy atom. The number of carbonyl (C=O) groups is 1. The Hall–Kier alpha value is -1.68. The molecule has 0 unspecified atom stereocenters. The van der Waals surface area contributed by atoms with E-state index in [1.807, 2.05) is 0 Å². The quantitative estimate of drug-likeness (QED) is 0.442. The fourth-order valence-electron chi connectivity index (χ4n) is 1.03. The maximum atomic E-state index is 11.0. The van der Waals surface area contributed by atoms with Crippen LogP contribution >= 0.6 is 10.7 Å². The zero-order valence-corrected chi connectivity index (χ0v) is 9.81. The van der Waals surface area contributed by atoms with Crippen molar-refractivity contribution in [3.05, 3.63) is 16.3 Å². The van der Waals surface area contributed by atoms with E-state index in [0.717, 1.165) is 10.9 Å². The van der Waals surface area contributed by atoms with Gasteiger partial charge in [0, 0.05) is 17.1 Å². The van der Waals surface area contributed by atoms with E-state index in [1.54, 1.807) is 0 Å². The molecule has 17 heavy (non-hydrogen) atoms. The Morgan fingerprint density at radius 2 is 2.24 bits per heavy atom. The number of nitro groups is 1. The first-order chi connectivity index (χ1) is 7.71. The number of carbonyl (C=O) groups excluding carboxylic acids is 1. The molecule has 11 heteroatoms. The third-order valence-corrected chi connectivity index (χ3v) is 3.04. The molecule has 0 atom stereocenters. The molecule has 1 rings (SSSR count). The second-order valence-electron chi connectivity index (χ2n) is 2.99. The standard InChI is InChI=1S/C6H7ClN4O5S/c7-17(15,16)4-3-10(2-1-5(8)12)9-6(4)11(13)14/h3H,1-2H2,(H2,8,12). The second kappa shape index (κ2) is 4.67. The largest absolute Gasteiger partial charge is 0.410 e. The van der Waals surface area contributed by atoms with Gasteiger partial charge in [0.2, 0.25) is 10.8 Å². The summed E-state index contributed by atoms with van der Waals surface area (Å²) < 4.78 is 23.0. The molecule has 0 radical (unpaired) electrons. The molecule has 1 aromatic rings. The van der Waals surface area contributed by atoms with Crippen LogP contribution < -0.4 is 5.73 Å². The Labute approximate surface area is 99.7 Å². The number of hydrogen-bond donors (Lipinski definition) is 1. The topological polar surface area (TPSA) is 138 Å². The van der Waals surface area contributed by atoms with Crippen LogP contribution in [-0.2, 0) is 20.4 Å². The molecule has 1 heterocycles. The van der Waals surface area contributed by atoms with E-state index in [4.69, 9.17) is 16.4 Å². The van der Waals surface area contributed by atoms with Crippen molar-refractivity contribution in [2.45, 2.75) is 17.9 Å². The van der Waals surface area contributed by atoms with Crippen LogP contribution in [0.2, 0.25) is 0 Å². The van der Waals surface area contributed by atoms with E-state index in [-0.39, 0.29) is 13.0 Å². The van der Waals surface area contributed by atoms with Crippen molar-refractivity contribution in [3.8, 4) is 0 Å². The molecule has 0 aliphatic heterocycles. The van der Waals surface area contributed by atoms with Crippen LogP contribution in [0.25, 0.3) is 0 Å². The van der Waals surface area contributed by atoms with Crippen LogP contribution in [0, 0.1) is 10.1 Å². The van der Waals surface area contributed by atoms with Crippen molar-refractivity contribution < 1.29 is 18.1 Å². The minimum atomic E-state index is -4.27. The van der Waals surface area contributed by atoms with Crippen molar-refractivity contribution in [2.75, 3.05) is 0 Å². The van der Waals surface area contributed by atoms with Crippen molar-refractivity contribution >= 4 is 31.5 Å². The number of aryl methyl sites for hydroxylation is 1. The molecule has 2 N–H and O–H groups in total. The van der Waals surface area contributed by atoms with E-state index >= 15 is 0 Å². The summed E-state index contributed by atoms with van der Waals surface area (Å²) in [4.78, 5) is 19.3. The lowest BCUT2D eigenvalue weighted by Crippen LogP contribution is -2.14. The van der Waals surface area contributed by atoms with Gasteiger partial charge in [0.25, 0.3) is 9.05 Å². The molecule has 0 saturated carbocycles. The average molecular weight is 283 g/mol. The summed E-state index contributed by atoms with van der Waals surface area (Å²) in [6, 6.07) is 0. The van der Waals surface area contributed by atoms with E-state index in [9.17, 15) is 23.3 Å². The van der Waals surface area contributed by atoms with Crippen molar-refractivity contribution in [2.24, 2.45) is 5.73 Å². The number of nitrogens with zero attached hydrogens (tertiary/aromatic N) is 3. The first-order valence-electron chi connectivity index (χ1n) is 4.16. The number of amides is 1. The lowest BCUT2D eigenvalue weighted by molar-refractivity contribution is -0.392. The summed E-state index contributed by atoms with van der Waals surface area (Å²) in [5.74, 6) is -1.53. The predicted molar refractivity (Wildman–Crippen MR) is 55.7 cm³/mol. The molecule has 0 fully saturated rings. The van der Waals surface area contributed by atoms with Gasteiger partial charge >= 0.3 is 5.82 Å². The Morgan fingerprint density at radius 3 is 2.59 bits per heavy atom. The van der Waals surface area contributed by atoms with Crippen LogP contribution in [0.4, 0.5) is 5.82 Å². The minimum absolute atomic E-state index is 0.0669. The molecular formula is C6H7ClN4O5S.